The zero-order valence-corrected chi connectivity index (χ0v) is 15.9. The van der Waals surface area contributed by atoms with Gasteiger partial charge >= 0.3 is 0 Å². The van der Waals surface area contributed by atoms with Crippen LogP contribution in [0.25, 0.3) is 0 Å². The summed E-state index contributed by atoms with van der Waals surface area (Å²) in [6.45, 7) is 7.46. The van der Waals surface area contributed by atoms with E-state index in [4.69, 9.17) is 9.47 Å². The van der Waals surface area contributed by atoms with Crippen LogP contribution < -0.4 is 9.47 Å². The third-order valence-corrected chi connectivity index (χ3v) is 4.72. The number of hydrogen-bond donors (Lipinski definition) is 0. The topological polar surface area (TPSA) is 35.5 Å². The van der Waals surface area contributed by atoms with Crippen molar-refractivity contribution in [2.75, 3.05) is 13.2 Å². The normalized spacial score (nSPS) is 11.2. The molecule has 0 spiro atoms. The first-order valence-electron chi connectivity index (χ1n) is 8.07. The molecule has 0 saturated heterocycles. The summed E-state index contributed by atoms with van der Waals surface area (Å²) in [4.78, 5) is 11.0. The third kappa shape index (κ3) is 4.84. The SMILES string of the molecule is CCC(C)(C)c1ccc(OCCOc2ccc(Br)cc2C=O)cc1. The van der Waals surface area contributed by atoms with Gasteiger partial charge in [0.05, 0.1) is 5.56 Å². The van der Waals surface area contributed by atoms with Gasteiger partial charge in [0.1, 0.15) is 24.7 Å². The van der Waals surface area contributed by atoms with Gasteiger partial charge in [-0.25, -0.2) is 0 Å². The van der Waals surface area contributed by atoms with Crippen LogP contribution in [-0.4, -0.2) is 19.5 Å². The van der Waals surface area contributed by atoms with Crippen molar-refractivity contribution in [2.24, 2.45) is 0 Å². The number of benzene rings is 2. The third-order valence-electron chi connectivity index (χ3n) is 4.23. The summed E-state index contributed by atoms with van der Waals surface area (Å²) in [6.07, 6.45) is 1.88. The van der Waals surface area contributed by atoms with E-state index in [0.29, 0.717) is 24.5 Å². The number of carbonyl (C=O) groups excluding carboxylic acids is 1. The minimum Gasteiger partial charge on any atom is -0.490 e. The molecule has 4 heteroatoms. The van der Waals surface area contributed by atoms with Gasteiger partial charge in [-0.3, -0.25) is 4.79 Å². The van der Waals surface area contributed by atoms with Gasteiger partial charge in [0.2, 0.25) is 0 Å². The summed E-state index contributed by atoms with van der Waals surface area (Å²) in [5.41, 5.74) is 2.00. The molecule has 0 fully saturated rings. The lowest BCUT2D eigenvalue weighted by Crippen LogP contribution is -2.15. The molecule has 0 aliphatic rings. The second kappa shape index (κ2) is 8.34. The smallest absolute Gasteiger partial charge is 0.153 e. The van der Waals surface area contributed by atoms with E-state index in [-0.39, 0.29) is 5.41 Å². The van der Waals surface area contributed by atoms with Crippen LogP contribution in [0.1, 0.15) is 43.1 Å². The van der Waals surface area contributed by atoms with Gasteiger partial charge in [0.25, 0.3) is 0 Å². The van der Waals surface area contributed by atoms with Crippen molar-refractivity contribution >= 4 is 22.2 Å². The molecule has 0 heterocycles. The van der Waals surface area contributed by atoms with Crippen molar-refractivity contribution in [1.82, 2.24) is 0 Å². The Kier molecular flexibility index (Phi) is 6.44. The van der Waals surface area contributed by atoms with E-state index in [9.17, 15) is 4.79 Å². The van der Waals surface area contributed by atoms with E-state index in [1.807, 2.05) is 18.2 Å². The van der Waals surface area contributed by atoms with Gasteiger partial charge in [0.15, 0.2) is 6.29 Å². The van der Waals surface area contributed by atoms with Crippen LogP contribution in [0, 0.1) is 0 Å². The molecular weight excluding hydrogens is 368 g/mol. The Morgan fingerprint density at radius 2 is 1.71 bits per heavy atom. The minimum absolute atomic E-state index is 0.175. The molecule has 0 N–H and O–H groups in total. The van der Waals surface area contributed by atoms with Crippen LogP contribution in [-0.2, 0) is 5.41 Å². The van der Waals surface area contributed by atoms with E-state index in [2.05, 4.69) is 48.8 Å². The molecule has 0 saturated carbocycles. The zero-order chi connectivity index (χ0) is 17.6. The Balaban J connectivity index is 1.86. The Hall–Kier alpha value is -1.81. The lowest BCUT2D eigenvalue weighted by atomic mass is 9.82. The summed E-state index contributed by atoms with van der Waals surface area (Å²) in [5.74, 6) is 1.39. The maximum Gasteiger partial charge on any atom is 0.153 e. The van der Waals surface area contributed by atoms with E-state index in [1.54, 1.807) is 12.1 Å². The van der Waals surface area contributed by atoms with Gasteiger partial charge in [-0.15, -0.1) is 0 Å². The molecule has 0 aromatic heterocycles. The van der Waals surface area contributed by atoms with Crippen LogP contribution in [0.2, 0.25) is 0 Å². The number of halogens is 1. The molecule has 24 heavy (non-hydrogen) atoms. The van der Waals surface area contributed by atoms with Gasteiger partial charge < -0.3 is 9.47 Å². The van der Waals surface area contributed by atoms with Crippen LogP contribution in [0.15, 0.2) is 46.9 Å². The second-order valence-corrected chi connectivity index (χ2v) is 7.17. The maximum atomic E-state index is 11.0. The number of carbonyl (C=O) groups is 1. The summed E-state index contributed by atoms with van der Waals surface area (Å²) in [6, 6.07) is 13.6. The van der Waals surface area contributed by atoms with E-state index >= 15 is 0 Å². The summed E-state index contributed by atoms with van der Waals surface area (Å²) in [5, 5.41) is 0. The first kappa shape index (κ1) is 18.5. The largest absolute Gasteiger partial charge is 0.490 e. The highest BCUT2D eigenvalue weighted by Crippen LogP contribution is 2.28. The van der Waals surface area contributed by atoms with E-state index < -0.39 is 0 Å². The Labute approximate surface area is 152 Å². The fourth-order valence-corrected chi connectivity index (χ4v) is 2.64. The molecule has 0 aliphatic carbocycles. The minimum atomic E-state index is 0.175. The standard InChI is InChI=1S/C20H23BrO3/c1-4-20(2,3)16-5-8-18(9-6-16)23-11-12-24-19-10-7-17(21)13-15(19)14-22/h5-10,13-14H,4,11-12H2,1-3H3. The second-order valence-electron chi connectivity index (χ2n) is 6.26. The number of hydrogen-bond acceptors (Lipinski definition) is 3. The lowest BCUT2D eigenvalue weighted by molar-refractivity contribution is 0.111. The molecular formula is C20H23BrO3. The van der Waals surface area contributed by atoms with Gasteiger partial charge in [-0.05, 0) is 47.7 Å². The fourth-order valence-electron chi connectivity index (χ4n) is 2.26. The molecule has 0 amide bonds. The van der Waals surface area contributed by atoms with Crippen molar-refractivity contribution < 1.29 is 14.3 Å². The molecule has 2 aromatic carbocycles. The van der Waals surface area contributed by atoms with Crippen LogP contribution in [0.5, 0.6) is 11.5 Å². The fraction of sp³-hybridized carbons (Fsp3) is 0.350. The lowest BCUT2D eigenvalue weighted by Gasteiger charge is -2.23. The van der Waals surface area contributed by atoms with Crippen molar-refractivity contribution in [3.05, 3.63) is 58.1 Å². The number of ether oxygens (including phenoxy) is 2. The quantitative estimate of drug-likeness (QED) is 0.446. The highest BCUT2D eigenvalue weighted by Gasteiger charge is 2.17. The van der Waals surface area contributed by atoms with Crippen molar-refractivity contribution in [2.45, 2.75) is 32.6 Å². The first-order chi connectivity index (χ1) is 11.5. The Morgan fingerprint density at radius 1 is 1.04 bits per heavy atom. The van der Waals surface area contributed by atoms with Crippen LogP contribution in [0.4, 0.5) is 0 Å². The molecule has 2 aromatic rings. The molecule has 2 rings (SSSR count). The number of aldehydes is 1. The average molecular weight is 391 g/mol. The molecule has 0 unspecified atom stereocenters. The molecule has 0 radical (unpaired) electrons. The van der Waals surface area contributed by atoms with Crippen molar-refractivity contribution in [3.63, 3.8) is 0 Å². The predicted molar refractivity (Wildman–Crippen MR) is 100 cm³/mol. The molecule has 0 bridgehead atoms. The monoisotopic (exact) mass is 390 g/mol. The van der Waals surface area contributed by atoms with Crippen molar-refractivity contribution in [1.29, 1.82) is 0 Å². The first-order valence-corrected chi connectivity index (χ1v) is 8.86. The summed E-state index contributed by atoms with van der Waals surface area (Å²) in [7, 11) is 0. The highest BCUT2D eigenvalue weighted by molar-refractivity contribution is 9.10. The molecule has 0 atom stereocenters. The van der Waals surface area contributed by atoms with E-state index in [0.717, 1.165) is 22.9 Å². The molecule has 3 nitrogen and oxygen atoms in total. The molecule has 128 valence electrons. The Bertz CT molecular complexity index is 678. The summed E-state index contributed by atoms with van der Waals surface area (Å²) < 4.78 is 12.2. The van der Waals surface area contributed by atoms with Gasteiger partial charge in [-0.1, -0.05) is 48.8 Å². The van der Waals surface area contributed by atoms with Crippen LogP contribution in [0.3, 0.4) is 0 Å². The Morgan fingerprint density at radius 3 is 2.33 bits per heavy atom. The van der Waals surface area contributed by atoms with Gasteiger partial charge in [-0.2, -0.15) is 0 Å². The molecule has 0 aliphatic heterocycles. The predicted octanol–water partition coefficient (Wildman–Crippen LogP) is 5.41. The van der Waals surface area contributed by atoms with Crippen molar-refractivity contribution in [3.8, 4) is 11.5 Å². The number of rotatable bonds is 8. The maximum absolute atomic E-state index is 11.0. The van der Waals surface area contributed by atoms with Crippen LogP contribution >= 0.6 is 15.9 Å². The zero-order valence-electron chi connectivity index (χ0n) is 14.3. The average Bonchev–Trinajstić information content (AvgIpc) is 2.60. The van der Waals surface area contributed by atoms with Gasteiger partial charge in [0, 0.05) is 4.47 Å². The summed E-state index contributed by atoms with van der Waals surface area (Å²) >= 11 is 3.34. The van der Waals surface area contributed by atoms with E-state index in [1.165, 1.54) is 5.56 Å². The highest BCUT2D eigenvalue weighted by atomic mass is 79.9.